The summed E-state index contributed by atoms with van der Waals surface area (Å²) in [6.45, 7) is 14.6. The van der Waals surface area contributed by atoms with E-state index in [0.29, 0.717) is 5.41 Å². The monoisotopic (exact) mass is 166 g/mol. The van der Waals surface area contributed by atoms with E-state index in [0.717, 1.165) is 0 Å². The molecule has 0 nitrogen and oxygen atoms in total. The van der Waals surface area contributed by atoms with Crippen molar-refractivity contribution in [2.75, 3.05) is 0 Å². The van der Waals surface area contributed by atoms with Gasteiger partial charge in [0.25, 0.3) is 0 Å². The van der Waals surface area contributed by atoms with Crippen LogP contribution in [-0.4, -0.2) is 0 Å². The van der Waals surface area contributed by atoms with E-state index in [9.17, 15) is 0 Å². The topological polar surface area (TPSA) is 0 Å². The third kappa shape index (κ3) is 2.84. The minimum atomic E-state index is 0.297. The molecule has 0 radical (unpaired) electrons. The van der Waals surface area contributed by atoms with Crippen molar-refractivity contribution in [3.8, 4) is 0 Å². The van der Waals surface area contributed by atoms with Crippen molar-refractivity contribution in [1.82, 2.24) is 0 Å². The van der Waals surface area contributed by atoms with E-state index in [-0.39, 0.29) is 0 Å². The van der Waals surface area contributed by atoms with E-state index in [2.05, 4.69) is 33.9 Å². The third-order valence-electron chi connectivity index (χ3n) is 2.63. The molecule has 0 saturated carbocycles. The molecule has 0 aliphatic rings. The summed E-state index contributed by atoms with van der Waals surface area (Å²) in [5, 5.41) is 0. The molecule has 70 valence electrons. The fraction of sp³-hybridized carbons (Fsp3) is 0.667. The van der Waals surface area contributed by atoms with Crippen molar-refractivity contribution >= 4 is 0 Å². The average Bonchev–Trinajstić information content (AvgIpc) is 2.04. The summed E-state index contributed by atoms with van der Waals surface area (Å²) in [6, 6.07) is 0. The summed E-state index contributed by atoms with van der Waals surface area (Å²) in [5.74, 6) is 0. The lowest BCUT2D eigenvalue weighted by atomic mass is 9.75. The molecular weight excluding hydrogens is 144 g/mol. The quantitative estimate of drug-likeness (QED) is 0.515. The molecule has 0 saturated heterocycles. The van der Waals surface area contributed by atoms with Gasteiger partial charge in [-0.25, -0.2) is 0 Å². The van der Waals surface area contributed by atoms with E-state index in [4.69, 9.17) is 0 Å². The van der Waals surface area contributed by atoms with Crippen LogP contribution in [-0.2, 0) is 0 Å². The molecule has 0 fully saturated rings. The molecule has 0 unspecified atom stereocenters. The highest BCUT2D eigenvalue weighted by molar-refractivity contribution is 5.20. The van der Waals surface area contributed by atoms with E-state index >= 15 is 0 Å². The first kappa shape index (κ1) is 11.5. The van der Waals surface area contributed by atoms with Gasteiger partial charge in [0.2, 0.25) is 0 Å². The van der Waals surface area contributed by atoms with Gasteiger partial charge in [0, 0.05) is 0 Å². The zero-order chi connectivity index (χ0) is 9.61. The average molecular weight is 166 g/mol. The zero-order valence-corrected chi connectivity index (χ0v) is 8.82. The Morgan fingerprint density at radius 3 is 1.92 bits per heavy atom. The predicted molar refractivity (Wildman–Crippen MR) is 57.3 cm³/mol. The molecule has 0 aromatic carbocycles. The van der Waals surface area contributed by atoms with Gasteiger partial charge in [-0.1, -0.05) is 52.8 Å². The maximum atomic E-state index is 4.06. The van der Waals surface area contributed by atoms with Crippen molar-refractivity contribution in [3.63, 3.8) is 0 Å². The summed E-state index contributed by atoms with van der Waals surface area (Å²) >= 11 is 0. The van der Waals surface area contributed by atoms with Crippen LogP contribution in [0.15, 0.2) is 24.8 Å². The van der Waals surface area contributed by atoms with Gasteiger partial charge in [-0.15, -0.1) is 0 Å². The van der Waals surface area contributed by atoms with Crippen molar-refractivity contribution in [2.45, 2.75) is 46.5 Å². The maximum absolute atomic E-state index is 4.06. The molecule has 0 rings (SSSR count). The van der Waals surface area contributed by atoms with Crippen molar-refractivity contribution in [3.05, 3.63) is 24.8 Å². The Morgan fingerprint density at radius 1 is 1.25 bits per heavy atom. The zero-order valence-electron chi connectivity index (χ0n) is 8.82. The fourth-order valence-corrected chi connectivity index (χ4v) is 1.80. The molecule has 12 heavy (non-hydrogen) atoms. The van der Waals surface area contributed by atoms with E-state index < -0.39 is 0 Å². The molecular formula is C12H22. The van der Waals surface area contributed by atoms with Gasteiger partial charge in [-0.3, -0.25) is 0 Å². The second-order valence-electron chi connectivity index (χ2n) is 3.79. The molecule has 0 amide bonds. The highest BCUT2D eigenvalue weighted by Gasteiger charge is 2.23. The minimum absolute atomic E-state index is 0.297. The highest BCUT2D eigenvalue weighted by Crippen LogP contribution is 2.36. The standard InChI is InChI=1S/C12H22/c1-6-9-12(5,10-7-2)11(4)8-3/h8H,3-4,6-7,9-10H2,1-2,5H3. The van der Waals surface area contributed by atoms with Crippen molar-refractivity contribution < 1.29 is 0 Å². The van der Waals surface area contributed by atoms with Crippen LogP contribution in [0.5, 0.6) is 0 Å². The van der Waals surface area contributed by atoms with Gasteiger partial charge in [0.1, 0.15) is 0 Å². The first-order valence-electron chi connectivity index (χ1n) is 4.92. The molecule has 0 aliphatic heterocycles. The van der Waals surface area contributed by atoms with Gasteiger partial charge in [0.05, 0.1) is 0 Å². The second kappa shape index (κ2) is 5.18. The second-order valence-corrected chi connectivity index (χ2v) is 3.79. The van der Waals surface area contributed by atoms with Crippen LogP contribution >= 0.6 is 0 Å². The fourth-order valence-electron chi connectivity index (χ4n) is 1.80. The first-order chi connectivity index (χ1) is 5.60. The largest absolute Gasteiger partial charge is 0.0988 e. The third-order valence-corrected chi connectivity index (χ3v) is 2.63. The van der Waals surface area contributed by atoms with Crippen LogP contribution in [0.1, 0.15) is 46.5 Å². The van der Waals surface area contributed by atoms with Crippen LogP contribution < -0.4 is 0 Å². The molecule has 0 atom stereocenters. The van der Waals surface area contributed by atoms with Crippen LogP contribution in [0, 0.1) is 5.41 Å². The van der Waals surface area contributed by atoms with E-state index in [1.54, 1.807) is 0 Å². The predicted octanol–water partition coefficient (Wildman–Crippen LogP) is 4.34. The van der Waals surface area contributed by atoms with Gasteiger partial charge in [0.15, 0.2) is 0 Å². The molecule has 0 heteroatoms. The number of rotatable bonds is 6. The van der Waals surface area contributed by atoms with Crippen LogP contribution in [0.2, 0.25) is 0 Å². The lowest BCUT2D eigenvalue weighted by Crippen LogP contribution is -2.17. The first-order valence-corrected chi connectivity index (χ1v) is 4.92. The Morgan fingerprint density at radius 2 is 1.67 bits per heavy atom. The van der Waals surface area contributed by atoms with Crippen molar-refractivity contribution in [2.24, 2.45) is 5.41 Å². The van der Waals surface area contributed by atoms with Crippen LogP contribution in [0.25, 0.3) is 0 Å². The summed E-state index contributed by atoms with van der Waals surface area (Å²) in [7, 11) is 0. The number of hydrogen-bond acceptors (Lipinski definition) is 0. The Bertz CT molecular complexity index is 147. The van der Waals surface area contributed by atoms with Crippen LogP contribution in [0.3, 0.4) is 0 Å². The number of allylic oxidation sites excluding steroid dienone is 2. The highest BCUT2D eigenvalue weighted by atomic mass is 14.3. The van der Waals surface area contributed by atoms with Gasteiger partial charge in [-0.05, 0) is 23.8 Å². The Labute approximate surface area is 77.4 Å². The Kier molecular flexibility index (Phi) is 4.96. The molecule has 0 aliphatic carbocycles. The van der Waals surface area contributed by atoms with Crippen LogP contribution in [0.4, 0.5) is 0 Å². The lowest BCUT2D eigenvalue weighted by Gasteiger charge is -2.29. The molecule has 0 heterocycles. The van der Waals surface area contributed by atoms with Gasteiger partial charge >= 0.3 is 0 Å². The summed E-state index contributed by atoms with van der Waals surface area (Å²) < 4.78 is 0. The smallest absolute Gasteiger partial charge is 0.00815 e. The summed E-state index contributed by atoms with van der Waals surface area (Å²) in [5.41, 5.74) is 1.50. The maximum Gasteiger partial charge on any atom is -0.00815 e. The lowest BCUT2D eigenvalue weighted by molar-refractivity contribution is 0.337. The van der Waals surface area contributed by atoms with E-state index in [1.807, 2.05) is 6.08 Å². The summed E-state index contributed by atoms with van der Waals surface area (Å²) in [6.07, 6.45) is 6.81. The number of hydrogen-bond donors (Lipinski definition) is 0. The van der Waals surface area contributed by atoms with Gasteiger partial charge < -0.3 is 0 Å². The molecule has 0 bridgehead atoms. The molecule has 0 N–H and O–H groups in total. The summed E-state index contributed by atoms with van der Waals surface area (Å²) in [4.78, 5) is 0. The van der Waals surface area contributed by atoms with E-state index in [1.165, 1.54) is 31.3 Å². The van der Waals surface area contributed by atoms with Gasteiger partial charge in [-0.2, -0.15) is 0 Å². The molecule has 0 aromatic heterocycles. The van der Waals surface area contributed by atoms with Crippen molar-refractivity contribution in [1.29, 1.82) is 0 Å². The molecule has 0 spiro atoms. The Hall–Kier alpha value is -0.520. The SMILES string of the molecule is C=CC(=C)C(C)(CCC)CCC. The Balaban J connectivity index is 4.36. The minimum Gasteiger partial charge on any atom is -0.0988 e. The normalized spacial score (nSPS) is 11.2. The molecule has 0 aromatic rings.